The normalized spacial score (nSPS) is 12.2. The maximum atomic E-state index is 12.1. The number of aromatic nitrogens is 1. The molecule has 2 aromatic carbocycles. The van der Waals surface area contributed by atoms with Crippen LogP contribution in [0, 0.1) is 0 Å². The minimum Gasteiger partial charge on any atom is -0.497 e. The Labute approximate surface area is 194 Å². The van der Waals surface area contributed by atoms with Gasteiger partial charge in [-0.25, -0.2) is 4.98 Å². The van der Waals surface area contributed by atoms with Gasteiger partial charge >= 0.3 is 0 Å². The Bertz CT molecular complexity index is 1430. The maximum absolute atomic E-state index is 12.1. The zero-order chi connectivity index (χ0) is 23.3. The van der Waals surface area contributed by atoms with Gasteiger partial charge in [-0.05, 0) is 65.4 Å². The molecule has 1 aliphatic rings. The fourth-order valence-electron chi connectivity index (χ4n) is 4.54. The summed E-state index contributed by atoms with van der Waals surface area (Å²) >= 11 is 1.22. The fraction of sp³-hybridized carbons (Fsp3) is 0.200. The Morgan fingerprint density at radius 1 is 1.00 bits per heavy atom. The van der Waals surface area contributed by atoms with Crippen LogP contribution in [-0.4, -0.2) is 32.2 Å². The van der Waals surface area contributed by atoms with Crippen molar-refractivity contribution in [2.75, 3.05) is 27.1 Å². The van der Waals surface area contributed by atoms with Crippen LogP contribution in [0.25, 0.3) is 32.6 Å². The van der Waals surface area contributed by atoms with Crippen molar-refractivity contribution in [2.45, 2.75) is 12.8 Å². The minimum atomic E-state index is -0.558. The highest BCUT2D eigenvalue weighted by Crippen LogP contribution is 2.48. The number of amides is 1. The Morgan fingerprint density at radius 2 is 1.79 bits per heavy atom. The number of rotatable bonds is 5. The van der Waals surface area contributed by atoms with Gasteiger partial charge in [0, 0.05) is 10.9 Å². The van der Waals surface area contributed by atoms with Crippen molar-refractivity contribution < 1.29 is 19.0 Å². The highest BCUT2D eigenvalue weighted by atomic mass is 32.1. The molecule has 1 aliphatic carbocycles. The van der Waals surface area contributed by atoms with Crippen LogP contribution in [0.2, 0.25) is 0 Å². The highest BCUT2D eigenvalue weighted by molar-refractivity contribution is 7.21. The lowest BCUT2D eigenvalue weighted by Gasteiger charge is -2.23. The molecule has 0 fully saturated rings. The summed E-state index contributed by atoms with van der Waals surface area (Å²) in [7, 11) is 4.87. The standard InChI is InChI=1S/C25H23N3O4S/c1-30-14-6-8-15-12(10-14)4-7-16-19(13-5-9-17(31-2)18(11-13)32-3)20-21(26)23(24(27)29)33-25(20)28-22(15)16/h5-6,8-11H,4,7,26H2,1-3H3,(H2,27,29). The van der Waals surface area contributed by atoms with Gasteiger partial charge in [0.25, 0.3) is 5.91 Å². The van der Waals surface area contributed by atoms with Crippen LogP contribution in [0.15, 0.2) is 36.4 Å². The molecule has 0 aliphatic heterocycles. The van der Waals surface area contributed by atoms with Gasteiger partial charge in [0.1, 0.15) is 15.5 Å². The van der Waals surface area contributed by atoms with Crippen LogP contribution >= 0.6 is 11.3 Å². The molecule has 0 radical (unpaired) electrons. The van der Waals surface area contributed by atoms with E-state index < -0.39 is 5.91 Å². The van der Waals surface area contributed by atoms with Crippen LogP contribution in [0.4, 0.5) is 5.69 Å². The van der Waals surface area contributed by atoms with E-state index in [4.69, 9.17) is 30.7 Å². The molecule has 5 rings (SSSR count). The van der Waals surface area contributed by atoms with Crippen LogP contribution in [0.1, 0.15) is 20.8 Å². The van der Waals surface area contributed by atoms with Crippen LogP contribution in [0.5, 0.6) is 17.2 Å². The first-order valence-electron chi connectivity index (χ1n) is 10.4. The number of benzene rings is 2. The summed E-state index contributed by atoms with van der Waals surface area (Å²) in [6.07, 6.45) is 1.60. The van der Waals surface area contributed by atoms with Gasteiger partial charge in [-0.3, -0.25) is 4.79 Å². The molecule has 2 aromatic heterocycles. The maximum Gasteiger partial charge on any atom is 0.260 e. The number of hydrogen-bond acceptors (Lipinski definition) is 7. The van der Waals surface area contributed by atoms with Crippen molar-refractivity contribution in [3.63, 3.8) is 0 Å². The second-order valence-electron chi connectivity index (χ2n) is 7.80. The van der Waals surface area contributed by atoms with Crippen LogP contribution in [0.3, 0.4) is 0 Å². The van der Waals surface area contributed by atoms with E-state index in [1.54, 1.807) is 21.3 Å². The van der Waals surface area contributed by atoms with Gasteiger partial charge in [0.15, 0.2) is 11.5 Å². The largest absolute Gasteiger partial charge is 0.497 e. The van der Waals surface area contributed by atoms with E-state index in [2.05, 4.69) is 6.07 Å². The number of primary amides is 1. The number of aryl methyl sites for hydroxylation is 1. The lowest BCUT2D eigenvalue weighted by Crippen LogP contribution is -2.11. The van der Waals surface area contributed by atoms with E-state index in [1.165, 1.54) is 16.9 Å². The molecule has 4 aromatic rings. The van der Waals surface area contributed by atoms with E-state index >= 15 is 0 Å². The number of thiophene rings is 1. The van der Waals surface area contributed by atoms with Crippen molar-refractivity contribution in [1.29, 1.82) is 0 Å². The molecule has 4 N–H and O–H groups in total. The molecule has 168 valence electrons. The summed E-state index contributed by atoms with van der Waals surface area (Å²) in [6, 6.07) is 11.8. The molecule has 0 bridgehead atoms. The summed E-state index contributed by atoms with van der Waals surface area (Å²) < 4.78 is 16.4. The lowest BCUT2D eigenvalue weighted by molar-refractivity contribution is 0.100. The summed E-state index contributed by atoms with van der Waals surface area (Å²) in [5.41, 5.74) is 18.5. The zero-order valence-electron chi connectivity index (χ0n) is 18.5. The van der Waals surface area contributed by atoms with Crippen molar-refractivity contribution in [2.24, 2.45) is 5.73 Å². The Balaban J connectivity index is 1.87. The molecule has 0 unspecified atom stereocenters. The molecule has 0 saturated carbocycles. The number of nitrogen functional groups attached to an aromatic ring is 1. The third-order valence-electron chi connectivity index (χ3n) is 6.09. The number of ether oxygens (including phenoxy) is 3. The predicted molar refractivity (Wildman–Crippen MR) is 130 cm³/mol. The fourth-order valence-corrected chi connectivity index (χ4v) is 5.50. The number of carbonyl (C=O) groups is 1. The number of anilines is 1. The SMILES string of the molecule is COc1ccc2c(c1)CCc1c-2nc2sc(C(N)=O)c(N)c2c1-c1ccc(OC)c(OC)c1. The summed E-state index contributed by atoms with van der Waals surface area (Å²) in [5.74, 6) is 1.50. The first-order chi connectivity index (χ1) is 16.0. The number of pyridine rings is 1. The first-order valence-corrected chi connectivity index (χ1v) is 11.2. The van der Waals surface area contributed by atoms with E-state index in [0.717, 1.165) is 51.9 Å². The van der Waals surface area contributed by atoms with Crippen molar-refractivity contribution >= 4 is 33.1 Å². The number of fused-ring (bicyclic) bond motifs is 4. The molecule has 7 nitrogen and oxygen atoms in total. The topological polar surface area (TPSA) is 110 Å². The summed E-state index contributed by atoms with van der Waals surface area (Å²) in [4.78, 5) is 18.1. The third kappa shape index (κ3) is 3.25. The monoisotopic (exact) mass is 461 g/mol. The summed E-state index contributed by atoms with van der Waals surface area (Å²) in [6.45, 7) is 0. The third-order valence-corrected chi connectivity index (χ3v) is 7.20. The quantitative estimate of drug-likeness (QED) is 0.455. The van der Waals surface area contributed by atoms with E-state index in [1.807, 2.05) is 30.3 Å². The number of methoxy groups -OCH3 is 3. The first kappa shape index (κ1) is 21.1. The molecule has 2 heterocycles. The van der Waals surface area contributed by atoms with E-state index in [0.29, 0.717) is 26.9 Å². The zero-order valence-corrected chi connectivity index (χ0v) is 19.3. The smallest absolute Gasteiger partial charge is 0.260 e. The van der Waals surface area contributed by atoms with Gasteiger partial charge in [0.05, 0.1) is 32.7 Å². The van der Waals surface area contributed by atoms with Gasteiger partial charge in [-0.1, -0.05) is 6.07 Å². The molecular formula is C25H23N3O4S. The van der Waals surface area contributed by atoms with Gasteiger partial charge in [-0.15, -0.1) is 11.3 Å². The average molecular weight is 462 g/mol. The highest BCUT2D eigenvalue weighted by Gasteiger charge is 2.28. The summed E-state index contributed by atoms with van der Waals surface area (Å²) in [5, 5.41) is 0.747. The number of hydrogen-bond donors (Lipinski definition) is 2. The van der Waals surface area contributed by atoms with Crippen molar-refractivity contribution in [3.05, 3.63) is 52.4 Å². The molecule has 0 saturated heterocycles. The Hall–Kier alpha value is -3.78. The van der Waals surface area contributed by atoms with E-state index in [9.17, 15) is 4.79 Å². The number of nitrogens with two attached hydrogens (primary N) is 2. The average Bonchev–Trinajstić information content (AvgIpc) is 3.17. The van der Waals surface area contributed by atoms with Crippen molar-refractivity contribution in [3.8, 4) is 39.6 Å². The van der Waals surface area contributed by atoms with Gasteiger partial charge in [-0.2, -0.15) is 0 Å². The Kier molecular flexibility index (Phi) is 5.09. The molecule has 0 atom stereocenters. The second-order valence-corrected chi connectivity index (χ2v) is 8.80. The van der Waals surface area contributed by atoms with Gasteiger partial charge in [0.2, 0.25) is 0 Å². The van der Waals surface area contributed by atoms with Gasteiger partial charge < -0.3 is 25.7 Å². The predicted octanol–water partition coefficient (Wildman–Crippen LogP) is 4.44. The molecule has 1 amide bonds. The molecule has 8 heteroatoms. The van der Waals surface area contributed by atoms with Crippen LogP contribution < -0.4 is 25.7 Å². The molecular weight excluding hydrogens is 438 g/mol. The Morgan fingerprint density at radius 3 is 2.48 bits per heavy atom. The molecule has 0 spiro atoms. The van der Waals surface area contributed by atoms with E-state index in [-0.39, 0.29) is 0 Å². The molecule has 33 heavy (non-hydrogen) atoms. The van der Waals surface area contributed by atoms with Crippen molar-refractivity contribution in [1.82, 2.24) is 4.98 Å². The van der Waals surface area contributed by atoms with Crippen LogP contribution in [-0.2, 0) is 12.8 Å². The number of carbonyl (C=O) groups excluding carboxylic acids is 1. The minimum absolute atomic E-state index is 0.316. The lowest BCUT2D eigenvalue weighted by atomic mass is 9.83. The number of nitrogens with zero attached hydrogens (tertiary/aromatic N) is 1. The second kappa shape index (κ2) is 7.97.